The zero-order valence-electron chi connectivity index (χ0n) is 15.7. The molecule has 4 rings (SSSR count). The van der Waals surface area contributed by atoms with Crippen molar-refractivity contribution in [2.24, 2.45) is 7.05 Å². The van der Waals surface area contributed by atoms with Crippen molar-refractivity contribution in [1.29, 1.82) is 0 Å². The number of anilines is 1. The van der Waals surface area contributed by atoms with Crippen LogP contribution in [-0.4, -0.2) is 20.7 Å². The highest BCUT2D eigenvalue weighted by atomic mass is 32.2. The van der Waals surface area contributed by atoms with Crippen LogP contribution in [0.5, 0.6) is 0 Å². The predicted octanol–water partition coefficient (Wildman–Crippen LogP) is 3.87. The van der Waals surface area contributed by atoms with E-state index in [1.165, 1.54) is 4.68 Å². The molecule has 7 heteroatoms. The van der Waals surface area contributed by atoms with Crippen molar-refractivity contribution in [2.75, 3.05) is 5.32 Å². The van der Waals surface area contributed by atoms with Crippen LogP contribution in [0.2, 0.25) is 0 Å². The van der Waals surface area contributed by atoms with Crippen molar-refractivity contribution >= 4 is 34.1 Å². The molecule has 1 amide bonds. The second-order valence-corrected chi connectivity index (χ2v) is 7.50. The van der Waals surface area contributed by atoms with Crippen LogP contribution in [0.1, 0.15) is 16.1 Å². The van der Waals surface area contributed by atoms with E-state index in [2.05, 4.69) is 15.4 Å². The highest BCUT2D eigenvalue weighted by Gasteiger charge is 2.15. The number of thioether (sulfide) groups is 1. The number of hydrogen-bond acceptors (Lipinski definition) is 5. The molecule has 29 heavy (non-hydrogen) atoms. The van der Waals surface area contributed by atoms with Gasteiger partial charge in [-0.1, -0.05) is 24.3 Å². The minimum absolute atomic E-state index is 0.220. The molecule has 0 aliphatic rings. The lowest BCUT2D eigenvalue weighted by Gasteiger charge is -2.09. The Labute approximate surface area is 171 Å². The summed E-state index contributed by atoms with van der Waals surface area (Å²) in [5.74, 6) is 0.473. The molecule has 0 bridgehead atoms. The Balaban J connectivity index is 1.50. The number of nitrogens with one attached hydrogen (secondary N) is 1. The van der Waals surface area contributed by atoms with Gasteiger partial charge in [0.05, 0.1) is 5.39 Å². The molecule has 0 aliphatic heterocycles. The number of pyridine rings is 1. The van der Waals surface area contributed by atoms with Gasteiger partial charge >= 0.3 is 0 Å². The lowest BCUT2D eigenvalue weighted by Crippen LogP contribution is -2.25. The molecule has 0 saturated heterocycles. The third-order valence-corrected chi connectivity index (χ3v) is 5.50. The molecule has 144 valence electrons. The smallest absolute Gasteiger partial charge is 0.276 e. The SMILES string of the molecule is Cn1nc(C(=O)Nc2ccc(SCc3cccnc3)cc2)c2ccccc2c1=O. The molecule has 0 fully saturated rings. The Hall–Kier alpha value is -3.45. The third kappa shape index (κ3) is 4.20. The largest absolute Gasteiger partial charge is 0.321 e. The summed E-state index contributed by atoms with van der Waals surface area (Å²) < 4.78 is 1.19. The number of amides is 1. The van der Waals surface area contributed by atoms with Gasteiger partial charge in [-0.15, -0.1) is 11.8 Å². The number of carbonyl (C=O) groups is 1. The van der Waals surface area contributed by atoms with E-state index in [9.17, 15) is 9.59 Å². The van der Waals surface area contributed by atoms with Crippen LogP contribution in [0.15, 0.2) is 82.7 Å². The van der Waals surface area contributed by atoms with Gasteiger partial charge in [0.25, 0.3) is 11.5 Å². The summed E-state index contributed by atoms with van der Waals surface area (Å²) in [6.07, 6.45) is 3.61. The van der Waals surface area contributed by atoms with E-state index in [1.807, 2.05) is 42.6 Å². The molecule has 0 aliphatic carbocycles. The number of fused-ring (bicyclic) bond motifs is 1. The number of benzene rings is 2. The fourth-order valence-electron chi connectivity index (χ4n) is 2.94. The maximum absolute atomic E-state index is 12.8. The average molecular weight is 402 g/mol. The van der Waals surface area contributed by atoms with Gasteiger partial charge in [0.15, 0.2) is 5.69 Å². The Morgan fingerprint density at radius 2 is 1.79 bits per heavy atom. The number of carbonyl (C=O) groups excluding carboxylic acids is 1. The summed E-state index contributed by atoms with van der Waals surface area (Å²) in [5.41, 5.74) is 1.81. The maximum atomic E-state index is 12.8. The van der Waals surface area contributed by atoms with Crippen LogP contribution in [0.3, 0.4) is 0 Å². The first-order chi connectivity index (χ1) is 14.1. The van der Waals surface area contributed by atoms with E-state index >= 15 is 0 Å². The zero-order chi connectivity index (χ0) is 20.2. The molecular weight excluding hydrogens is 384 g/mol. The number of aryl methyl sites for hydroxylation is 1. The van der Waals surface area contributed by atoms with E-state index in [0.717, 1.165) is 16.2 Å². The van der Waals surface area contributed by atoms with Crippen molar-refractivity contribution in [3.63, 3.8) is 0 Å². The number of rotatable bonds is 5. The first-order valence-corrected chi connectivity index (χ1v) is 9.99. The normalized spacial score (nSPS) is 10.8. The summed E-state index contributed by atoms with van der Waals surface area (Å²) in [4.78, 5) is 30.2. The summed E-state index contributed by atoms with van der Waals surface area (Å²) in [6.45, 7) is 0. The van der Waals surface area contributed by atoms with E-state index in [-0.39, 0.29) is 17.2 Å². The molecule has 1 N–H and O–H groups in total. The van der Waals surface area contributed by atoms with Gasteiger partial charge in [0.1, 0.15) is 0 Å². The highest BCUT2D eigenvalue weighted by molar-refractivity contribution is 7.98. The summed E-state index contributed by atoms with van der Waals surface area (Å²) in [6, 6.07) is 18.6. The first kappa shape index (κ1) is 18.9. The molecule has 6 nitrogen and oxygen atoms in total. The predicted molar refractivity (Wildman–Crippen MR) is 115 cm³/mol. The lowest BCUT2D eigenvalue weighted by molar-refractivity contribution is 0.102. The van der Waals surface area contributed by atoms with E-state index in [4.69, 9.17) is 0 Å². The van der Waals surface area contributed by atoms with Gasteiger partial charge in [-0.05, 0) is 42.0 Å². The molecule has 2 aromatic heterocycles. The second kappa shape index (κ2) is 8.28. The van der Waals surface area contributed by atoms with E-state index in [0.29, 0.717) is 16.5 Å². The Kier molecular flexibility index (Phi) is 5.39. The molecule has 0 spiro atoms. The number of aromatic nitrogens is 3. The van der Waals surface area contributed by atoms with Crippen LogP contribution < -0.4 is 10.9 Å². The Morgan fingerprint density at radius 3 is 2.52 bits per heavy atom. The molecule has 0 radical (unpaired) electrons. The standard InChI is InChI=1S/C22H18N4O2S/c1-26-22(28)19-7-3-2-6-18(19)20(25-26)21(27)24-16-8-10-17(11-9-16)29-14-15-5-4-12-23-13-15/h2-13H,14H2,1H3,(H,24,27). The van der Waals surface area contributed by atoms with E-state index < -0.39 is 0 Å². The van der Waals surface area contributed by atoms with Crippen molar-refractivity contribution < 1.29 is 4.79 Å². The van der Waals surface area contributed by atoms with Gasteiger partial charge in [0, 0.05) is 41.2 Å². The van der Waals surface area contributed by atoms with Crippen molar-refractivity contribution in [2.45, 2.75) is 10.6 Å². The van der Waals surface area contributed by atoms with Crippen LogP contribution in [0, 0.1) is 0 Å². The fourth-order valence-corrected chi connectivity index (χ4v) is 3.78. The van der Waals surface area contributed by atoms with Crippen molar-refractivity contribution in [1.82, 2.24) is 14.8 Å². The quantitative estimate of drug-likeness (QED) is 0.513. The third-order valence-electron chi connectivity index (χ3n) is 4.41. The Morgan fingerprint density at radius 1 is 1.03 bits per heavy atom. The molecular formula is C22H18N4O2S. The molecule has 0 saturated carbocycles. The van der Waals surface area contributed by atoms with E-state index in [1.54, 1.807) is 49.3 Å². The van der Waals surface area contributed by atoms with Crippen LogP contribution in [-0.2, 0) is 12.8 Å². The fraction of sp³-hybridized carbons (Fsp3) is 0.0909. The van der Waals surface area contributed by atoms with Crippen LogP contribution in [0.4, 0.5) is 5.69 Å². The van der Waals surface area contributed by atoms with Crippen molar-refractivity contribution in [3.8, 4) is 0 Å². The summed E-state index contributed by atoms with van der Waals surface area (Å²) in [7, 11) is 1.54. The summed E-state index contributed by atoms with van der Waals surface area (Å²) >= 11 is 1.70. The topological polar surface area (TPSA) is 76.9 Å². The first-order valence-electron chi connectivity index (χ1n) is 9.01. The molecule has 0 unspecified atom stereocenters. The van der Waals surface area contributed by atoms with Gasteiger partial charge in [-0.3, -0.25) is 14.6 Å². The molecule has 2 heterocycles. The number of nitrogens with zero attached hydrogens (tertiary/aromatic N) is 3. The Bertz CT molecular complexity index is 1220. The van der Waals surface area contributed by atoms with Gasteiger partial charge in [-0.25, -0.2) is 4.68 Å². The van der Waals surface area contributed by atoms with Gasteiger partial charge in [0.2, 0.25) is 0 Å². The number of hydrogen-bond donors (Lipinski definition) is 1. The molecule has 0 atom stereocenters. The summed E-state index contributed by atoms with van der Waals surface area (Å²) in [5, 5.41) is 8.03. The average Bonchev–Trinajstić information content (AvgIpc) is 2.76. The zero-order valence-corrected chi connectivity index (χ0v) is 16.5. The minimum Gasteiger partial charge on any atom is -0.321 e. The van der Waals surface area contributed by atoms with Crippen molar-refractivity contribution in [3.05, 3.63) is 94.7 Å². The second-order valence-electron chi connectivity index (χ2n) is 6.45. The molecule has 2 aromatic carbocycles. The molecule has 4 aromatic rings. The lowest BCUT2D eigenvalue weighted by atomic mass is 10.1. The van der Waals surface area contributed by atoms with Crippen LogP contribution in [0.25, 0.3) is 10.8 Å². The minimum atomic E-state index is -0.354. The van der Waals surface area contributed by atoms with Gasteiger partial charge < -0.3 is 5.32 Å². The highest BCUT2D eigenvalue weighted by Crippen LogP contribution is 2.24. The maximum Gasteiger partial charge on any atom is 0.276 e. The monoisotopic (exact) mass is 402 g/mol. The van der Waals surface area contributed by atoms with Crippen LogP contribution >= 0.6 is 11.8 Å². The van der Waals surface area contributed by atoms with Gasteiger partial charge in [-0.2, -0.15) is 5.10 Å².